The predicted octanol–water partition coefficient (Wildman–Crippen LogP) is 1.69. The van der Waals surface area contributed by atoms with Crippen LogP contribution in [-0.2, 0) is 0 Å². The van der Waals surface area contributed by atoms with Gasteiger partial charge in [0.05, 0.1) is 4.92 Å². The van der Waals surface area contributed by atoms with Crippen molar-refractivity contribution in [2.45, 2.75) is 18.4 Å². The minimum atomic E-state index is -1.10. The minimum Gasteiger partial charge on any atom is -0.327 e. The fourth-order valence-electron chi connectivity index (χ4n) is 1.59. The second-order valence-corrected chi connectivity index (χ2v) is 3.56. The Labute approximate surface area is 83.8 Å². The molecule has 2 rings (SSSR count). The van der Waals surface area contributed by atoms with E-state index in [0.29, 0.717) is 6.42 Å². The van der Waals surface area contributed by atoms with Crippen LogP contribution in [0.2, 0.25) is 0 Å². The van der Waals surface area contributed by atoms with Crippen molar-refractivity contribution in [1.82, 2.24) is 0 Å². The van der Waals surface area contributed by atoms with Crippen molar-refractivity contribution in [3.63, 3.8) is 0 Å². The lowest BCUT2D eigenvalue weighted by atomic mass is 10.1. The summed E-state index contributed by atoms with van der Waals surface area (Å²) < 4.78 is 26.8. The minimum absolute atomic E-state index is 0.253. The van der Waals surface area contributed by atoms with Crippen LogP contribution < -0.4 is 5.73 Å². The van der Waals surface area contributed by atoms with Crippen LogP contribution in [0.5, 0.6) is 0 Å². The summed E-state index contributed by atoms with van der Waals surface area (Å²) in [5, 5.41) is 10.4. The molecule has 0 spiro atoms. The van der Waals surface area contributed by atoms with E-state index in [-0.39, 0.29) is 11.6 Å². The van der Waals surface area contributed by atoms with E-state index < -0.39 is 28.2 Å². The first-order valence-corrected chi connectivity index (χ1v) is 4.40. The Balaban J connectivity index is 2.52. The third kappa shape index (κ3) is 1.56. The van der Waals surface area contributed by atoms with Gasteiger partial charge in [0, 0.05) is 23.6 Å². The Morgan fingerprint density at radius 2 is 2.07 bits per heavy atom. The Kier molecular flexibility index (Phi) is 2.15. The number of nitro benzene ring substituents is 1. The Hall–Kier alpha value is -1.56. The molecule has 0 amide bonds. The Bertz CT molecular complexity index is 436. The fraction of sp³-hybridized carbons (Fsp3) is 0.333. The maximum absolute atomic E-state index is 13.5. The van der Waals surface area contributed by atoms with Gasteiger partial charge < -0.3 is 5.73 Å². The maximum atomic E-state index is 13.5. The highest BCUT2D eigenvalue weighted by atomic mass is 19.1. The molecule has 80 valence electrons. The average Bonchev–Trinajstić information content (AvgIpc) is 2.82. The number of benzene rings is 1. The van der Waals surface area contributed by atoms with Crippen molar-refractivity contribution in [3.05, 3.63) is 39.4 Å². The highest BCUT2D eigenvalue weighted by Crippen LogP contribution is 2.43. The van der Waals surface area contributed by atoms with Crippen molar-refractivity contribution in [1.29, 1.82) is 0 Å². The monoisotopic (exact) mass is 214 g/mol. The van der Waals surface area contributed by atoms with Gasteiger partial charge in [-0.2, -0.15) is 4.39 Å². The summed E-state index contributed by atoms with van der Waals surface area (Å²) in [6, 6.07) is 1.43. The van der Waals surface area contributed by atoms with E-state index in [9.17, 15) is 18.9 Å². The predicted molar refractivity (Wildman–Crippen MR) is 48.3 cm³/mol. The van der Waals surface area contributed by atoms with Crippen molar-refractivity contribution in [3.8, 4) is 0 Å². The number of nitrogens with zero attached hydrogens (tertiary/aromatic N) is 1. The number of hydrogen-bond acceptors (Lipinski definition) is 3. The zero-order valence-electron chi connectivity index (χ0n) is 7.61. The molecule has 1 fully saturated rings. The molecule has 0 saturated heterocycles. The first-order valence-electron chi connectivity index (χ1n) is 4.40. The molecule has 2 unspecified atom stereocenters. The molecule has 0 heterocycles. The Morgan fingerprint density at radius 1 is 1.47 bits per heavy atom. The molecule has 1 aliphatic rings. The lowest BCUT2D eigenvalue weighted by Gasteiger charge is -2.03. The molecule has 0 bridgehead atoms. The molecule has 4 nitrogen and oxygen atoms in total. The van der Waals surface area contributed by atoms with Gasteiger partial charge in [-0.15, -0.1) is 0 Å². The highest BCUT2D eigenvalue weighted by molar-refractivity contribution is 5.42. The SMILES string of the molecule is NC1CC1c1c(F)ccc([N+](=O)[O-])c1F. The van der Waals surface area contributed by atoms with Crippen LogP contribution in [0, 0.1) is 21.7 Å². The molecule has 0 aromatic heterocycles. The molecule has 2 N–H and O–H groups in total. The zero-order valence-corrected chi connectivity index (χ0v) is 7.61. The highest BCUT2D eigenvalue weighted by Gasteiger charge is 2.40. The molecule has 1 aliphatic carbocycles. The van der Waals surface area contributed by atoms with Crippen LogP contribution in [0.3, 0.4) is 0 Å². The van der Waals surface area contributed by atoms with E-state index in [4.69, 9.17) is 5.73 Å². The van der Waals surface area contributed by atoms with Gasteiger partial charge in [0.25, 0.3) is 0 Å². The number of hydrogen-bond donors (Lipinski definition) is 1. The summed E-state index contributed by atoms with van der Waals surface area (Å²) in [4.78, 5) is 9.55. The van der Waals surface area contributed by atoms with Gasteiger partial charge in [0.2, 0.25) is 5.82 Å². The molecule has 0 aliphatic heterocycles. The van der Waals surface area contributed by atoms with Crippen LogP contribution in [0.25, 0.3) is 0 Å². The zero-order chi connectivity index (χ0) is 11.2. The lowest BCUT2D eigenvalue weighted by molar-refractivity contribution is -0.387. The largest absolute Gasteiger partial charge is 0.327 e. The Morgan fingerprint density at radius 3 is 2.53 bits per heavy atom. The third-order valence-corrected chi connectivity index (χ3v) is 2.51. The maximum Gasteiger partial charge on any atom is 0.305 e. The van der Waals surface area contributed by atoms with Gasteiger partial charge in [-0.05, 0) is 12.5 Å². The molecule has 1 saturated carbocycles. The van der Waals surface area contributed by atoms with Gasteiger partial charge in [0.15, 0.2) is 0 Å². The number of nitro groups is 1. The molecule has 6 heteroatoms. The van der Waals surface area contributed by atoms with Crippen molar-refractivity contribution in [2.75, 3.05) is 0 Å². The van der Waals surface area contributed by atoms with Gasteiger partial charge in [-0.3, -0.25) is 10.1 Å². The quantitative estimate of drug-likeness (QED) is 0.601. The first kappa shape index (κ1) is 9.97. The van der Waals surface area contributed by atoms with Gasteiger partial charge >= 0.3 is 5.69 Å². The lowest BCUT2D eigenvalue weighted by Crippen LogP contribution is -2.06. The van der Waals surface area contributed by atoms with Crippen LogP contribution >= 0.6 is 0 Å². The van der Waals surface area contributed by atoms with E-state index in [1.54, 1.807) is 0 Å². The standard InChI is InChI=1S/C9H8F2N2O2/c10-5-1-2-7(13(14)15)9(11)8(5)4-3-6(4)12/h1-2,4,6H,3,12H2. The fourth-order valence-corrected chi connectivity index (χ4v) is 1.59. The van der Waals surface area contributed by atoms with Crippen LogP contribution in [0.1, 0.15) is 17.9 Å². The van der Waals surface area contributed by atoms with Gasteiger partial charge in [-0.25, -0.2) is 4.39 Å². The van der Waals surface area contributed by atoms with Gasteiger partial charge in [-0.1, -0.05) is 0 Å². The normalized spacial score (nSPS) is 23.9. The second kappa shape index (κ2) is 3.23. The second-order valence-electron chi connectivity index (χ2n) is 3.56. The molecular formula is C9H8F2N2O2. The van der Waals surface area contributed by atoms with Gasteiger partial charge in [0.1, 0.15) is 5.82 Å². The number of rotatable bonds is 2. The molecule has 0 radical (unpaired) electrons. The first-order chi connectivity index (χ1) is 7.02. The van der Waals surface area contributed by atoms with Crippen molar-refractivity contribution < 1.29 is 13.7 Å². The molecule has 1 aromatic carbocycles. The summed E-state index contributed by atoms with van der Waals surface area (Å²) in [6.07, 6.45) is 0.467. The molecule has 15 heavy (non-hydrogen) atoms. The van der Waals surface area contributed by atoms with E-state index in [1.165, 1.54) is 0 Å². The molecular weight excluding hydrogens is 206 g/mol. The van der Waals surface area contributed by atoms with Crippen molar-refractivity contribution in [2.24, 2.45) is 5.73 Å². The van der Waals surface area contributed by atoms with E-state index in [0.717, 1.165) is 12.1 Å². The van der Waals surface area contributed by atoms with E-state index >= 15 is 0 Å². The third-order valence-electron chi connectivity index (χ3n) is 2.51. The summed E-state index contributed by atoms with van der Waals surface area (Å²) in [5.74, 6) is -2.29. The smallest absolute Gasteiger partial charge is 0.305 e. The number of nitrogens with two attached hydrogens (primary N) is 1. The van der Waals surface area contributed by atoms with E-state index in [2.05, 4.69) is 0 Å². The van der Waals surface area contributed by atoms with Crippen LogP contribution in [0.4, 0.5) is 14.5 Å². The summed E-state index contributed by atoms with van der Waals surface area (Å²) in [6.45, 7) is 0. The van der Waals surface area contributed by atoms with Crippen LogP contribution in [-0.4, -0.2) is 11.0 Å². The molecule has 1 aromatic rings. The topological polar surface area (TPSA) is 69.2 Å². The van der Waals surface area contributed by atoms with Crippen molar-refractivity contribution >= 4 is 5.69 Å². The average molecular weight is 214 g/mol. The summed E-state index contributed by atoms with van der Waals surface area (Å²) in [5.41, 5.74) is 4.50. The summed E-state index contributed by atoms with van der Waals surface area (Å²) in [7, 11) is 0. The van der Waals surface area contributed by atoms with E-state index in [1.807, 2.05) is 0 Å². The van der Waals surface area contributed by atoms with Crippen LogP contribution in [0.15, 0.2) is 12.1 Å². The number of halogens is 2. The molecule has 2 atom stereocenters. The summed E-state index contributed by atoms with van der Waals surface area (Å²) >= 11 is 0.